The topological polar surface area (TPSA) is 162 Å². The summed E-state index contributed by atoms with van der Waals surface area (Å²) in [6, 6.07) is 27.0. The molecular formula is C58H59Br4N11O3S2. The molecule has 2 fully saturated rings. The zero-order valence-corrected chi connectivity index (χ0v) is 51.2. The van der Waals surface area contributed by atoms with Crippen LogP contribution in [0.2, 0.25) is 0 Å². The number of benzene rings is 4. The van der Waals surface area contributed by atoms with Crippen molar-refractivity contribution in [3.63, 3.8) is 0 Å². The normalized spacial score (nSPS) is 13.8. The van der Waals surface area contributed by atoms with Crippen molar-refractivity contribution in [3.8, 4) is 22.5 Å². The first-order chi connectivity index (χ1) is 37.9. The van der Waals surface area contributed by atoms with Crippen LogP contribution in [0.3, 0.4) is 0 Å². The second kappa shape index (κ2) is 28.2. The van der Waals surface area contributed by atoms with Gasteiger partial charge in [0.15, 0.2) is 10.3 Å². The number of hydrogen-bond acceptors (Lipinski definition) is 14. The van der Waals surface area contributed by atoms with Crippen LogP contribution in [0.25, 0.3) is 22.5 Å². The van der Waals surface area contributed by atoms with Gasteiger partial charge in [0.25, 0.3) is 11.8 Å². The van der Waals surface area contributed by atoms with Crippen molar-refractivity contribution in [1.29, 1.82) is 0 Å². The quantitative estimate of drug-likeness (QED) is 0.0518. The minimum atomic E-state index is -0.181. The molecule has 0 unspecified atom stereocenters. The Morgan fingerprint density at radius 1 is 0.615 bits per heavy atom. The monoisotopic (exact) mass is 1340 g/mol. The average molecular weight is 1340 g/mol. The van der Waals surface area contributed by atoms with Crippen LogP contribution < -0.4 is 26.6 Å². The van der Waals surface area contributed by atoms with Gasteiger partial charge in [-0.1, -0.05) is 82.3 Å². The molecule has 10 rings (SSSR count). The molecule has 404 valence electrons. The molecule has 2 aliphatic rings. The van der Waals surface area contributed by atoms with E-state index in [9.17, 15) is 9.59 Å². The van der Waals surface area contributed by atoms with Gasteiger partial charge in [-0.15, -0.1) is 22.7 Å². The lowest BCUT2D eigenvalue weighted by atomic mass is 10.1. The molecule has 0 saturated carbocycles. The van der Waals surface area contributed by atoms with Gasteiger partial charge in [-0.25, -0.2) is 9.97 Å². The first kappa shape index (κ1) is 57.4. The van der Waals surface area contributed by atoms with Gasteiger partial charge in [-0.2, -0.15) is 0 Å². The number of piperidine rings is 1. The maximum absolute atomic E-state index is 13.2. The first-order valence-electron chi connectivity index (χ1n) is 25.7. The maximum atomic E-state index is 13.2. The number of aromatic nitrogens is 4. The van der Waals surface area contributed by atoms with Crippen molar-refractivity contribution >= 4 is 131 Å². The highest BCUT2D eigenvalue weighted by Crippen LogP contribution is 2.34. The van der Waals surface area contributed by atoms with Crippen molar-refractivity contribution in [2.75, 3.05) is 73.7 Å². The Hall–Kier alpha value is -5.26. The predicted molar refractivity (Wildman–Crippen MR) is 332 cm³/mol. The fraction of sp³-hybridized carbons (Fsp3) is 0.276. The number of carbonyl (C=O) groups excluding carboxylic acids is 2. The number of nitrogens with zero attached hydrogens (tertiary/aromatic N) is 6. The molecule has 0 spiro atoms. The van der Waals surface area contributed by atoms with Crippen LogP contribution >= 0.6 is 86.4 Å². The molecule has 2 saturated heterocycles. The first-order valence-corrected chi connectivity index (χ1v) is 30.6. The summed E-state index contributed by atoms with van der Waals surface area (Å²) in [6.07, 6.45) is 12.0. The molecule has 4 aromatic heterocycles. The smallest absolute Gasteiger partial charge is 0.255 e. The summed E-state index contributed by atoms with van der Waals surface area (Å²) >= 11 is 17.8. The molecule has 4 aromatic carbocycles. The Morgan fingerprint density at radius 3 is 1.60 bits per heavy atom. The highest BCUT2D eigenvalue weighted by Gasteiger charge is 2.19. The molecule has 6 heterocycles. The second-order valence-corrected chi connectivity index (χ2v) is 24.1. The lowest BCUT2D eigenvalue weighted by Crippen LogP contribution is -2.37. The van der Waals surface area contributed by atoms with E-state index in [1.165, 1.54) is 47.5 Å². The van der Waals surface area contributed by atoms with Crippen molar-refractivity contribution in [2.24, 2.45) is 0 Å². The Balaban J connectivity index is 0.000000191. The standard InChI is InChI=1S/C30H32Br2N6O2S.C28H27Br2N5OS/c1-20-5-6-23(16-27(20)36-30-37-28(19-41-30)21-4-2-7-33-17-21)35-29(39)22-14-25(31)24(26(32)15-22)18-34-8-3-9-38-10-12-40-13-11-38;1-18-7-8-21(14-25(18)33-28-34-26(17-37-28)19-6-5-9-31-15-19)32-27(36)20-12-23(29)22(24(30)13-20)16-35-10-3-2-4-11-35/h2,4-7,14-17,19,34H,3,8-13,18H2,1H3,(H,35,39)(H,36,37);5-9,12-15,17H,2-4,10-11,16H2,1H3,(H,32,36)(H,33,34). The number of likely N-dealkylation sites (tertiary alicyclic amines) is 1. The van der Waals surface area contributed by atoms with Crippen LogP contribution in [0, 0.1) is 13.8 Å². The lowest BCUT2D eigenvalue weighted by molar-refractivity contribution is 0.0374. The molecule has 0 aliphatic carbocycles. The number of thiazole rings is 2. The summed E-state index contributed by atoms with van der Waals surface area (Å²) < 4.78 is 9.07. The van der Waals surface area contributed by atoms with Gasteiger partial charge in [-0.05, 0) is 154 Å². The number of morpholine rings is 1. The van der Waals surface area contributed by atoms with Crippen molar-refractivity contribution in [3.05, 3.63) is 172 Å². The van der Waals surface area contributed by atoms with E-state index in [1.54, 1.807) is 24.8 Å². The fourth-order valence-electron chi connectivity index (χ4n) is 8.86. The molecule has 20 heteroatoms. The summed E-state index contributed by atoms with van der Waals surface area (Å²) in [5.74, 6) is -0.340. The summed E-state index contributed by atoms with van der Waals surface area (Å²) in [6.45, 7) is 13.6. The minimum absolute atomic E-state index is 0.158. The van der Waals surface area contributed by atoms with E-state index in [-0.39, 0.29) is 11.8 Å². The van der Waals surface area contributed by atoms with Gasteiger partial charge in [0, 0.05) is 125 Å². The molecule has 0 atom stereocenters. The SMILES string of the molecule is Cc1ccc(NC(=O)c2cc(Br)c(CN3CCCCC3)c(Br)c2)cc1Nc1nc(-c2cccnc2)cs1.Cc1ccc(NC(=O)c2cc(Br)c(CNCCCN3CCOCC3)c(Br)c2)cc1Nc1nc(-c2cccnc2)cs1. The zero-order valence-electron chi connectivity index (χ0n) is 43.2. The number of ether oxygens (including phenoxy) is 1. The maximum Gasteiger partial charge on any atom is 0.255 e. The number of carbonyl (C=O) groups is 2. The number of amides is 2. The van der Waals surface area contributed by atoms with Gasteiger partial charge in [0.05, 0.1) is 24.6 Å². The molecule has 0 radical (unpaired) electrons. The second-order valence-electron chi connectivity index (χ2n) is 18.9. The van der Waals surface area contributed by atoms with E-state index in [4.69, 9.17) is 14.7 Å². The van der Waals surface area contributed by atoms with Gasteiger partial charge < -0.3 is 31.3 Å². The fourth-order valence-corrected chi connectivity index (χ4v) is 13.2. The third kappa shape index (κ3) is 16.0. The Morgan fingerprint density at radius 2 is 1.12 bits per heavy atom. The Labute approximate surface area is 497 Å². The molecular weight excluding hydrogens is 1280 g/mol. The summed E-state index contributed by atoms with van der Waals surface area (Å²) in [5.41, 5.74) is 12.4. The highest BCUT2D eigenvalue weighted by molar-refractivity contribution is 9.11. The minimum Gasteiger partial charge on any atom is -0.379 e. The molecule has 0 bridgehead atoms. The van der Waals surface area contributed by atoms with E-state index in [0.717, 1.165) is 144 Å². The van der Waals surface area contributed by atoms with E-state index >= 15 is 0 Å². The van der Waals surface area contributed by atoms with Crippen LogP contribution in [0.15, 0.2) is 138 Å². The lowest BCUT2D eigenvalue weighted by Gasteiger charge is -2.27. The third-order valence-electron chi connectivity index (χ3n) is 13.3. The van der Waals surface area contributed by atoms with Crippen LogP contribution in [0.5, 0.6) is 0 Å². The van der Waals surface area contributed by atoms with Crippen molar-refractivity contribution in [2.45, 2.75) is 52.6 Å². The molecule has 78 heavy (non-hydrogen) atoms. The van der Waals surface area contributed by atoms with Crippen LogP contribution in [0.1, 0.15) is 68.7 Å². The number of aryl methyl sites for hydroxylation is 2. The predicted octanol–water partition coefficient (Wildman–Crippen LogP) is 14.9. The molecule has 2 amide bonds. The number of anilines is 6. The van der Waals surface area contributed by atoms with Crippen molar-refractivity contribution < 1.29 is 14.3 Å². The van der Waals surface area contributed by atoms with E-state index < -0.39 is 0 Å². The molecule has 2 aliphatic heterocycles. The average Bonchev–Trinajstić information content (AvgIpc) is 4.15. The number of rotatable bonds is 18. The van der Waals surface area contributed by atoms with Crippen LogP contribution in [-0.2, 0) is 17.8 Å². The van der Waals surface area contributed by atoms with Gasteiger partial charge in [-0.3, -0.25) is 29.4 Å². The number of hydrogen-bond donors (Lipinski definition) is 5. The van der Waals surface area contributed by atoms with Gasteiger partial charge in [0.2, 0.25) is 0 Å². The van der Waals surface area contributed by atoms with Crippen LogP contribution in [0.4, 0.5) is 33.0 Å². The zero-order chi connectivity index (χ0) is 54.4. The Kier molecular flexibility index (Phi) is 20.8. The summed E-state index contributed by atoms with van der Waals surface area (Å²) in [7, 11) is 0. The largest absolute Gasteiger partial charge is 0.379 e. The third-order valence-corrected chi connectivity index (χ3v) is 17.6. The Bertz CT molecular complexity index is 3270. The van der Waals surface area contributed by atoms with Gasteiger partial charge in [0.1, 0.15) is 0 Å². The number of pyridine rings is 2. The van der Waals surface area contributed by atoms with Gasteiger partial charge >= 0.3 is 0 Å². The van der Waals surface area contributed by atoms with E-state index in [2.05, 4.69) is 110 Å². The van der Waals surface area contributed by atoms with Crippen molar-refractivity contribution in [1.82, 2.24) is 35.1 Å². The number of nitrogens with one attached hydrogen (secondary N) is 5. The highest BCUT2D eigenvalue weighted by atomic mass is 79.9. The molecule has 8 aromatic rings. The summed E-state index contributed by atoms with van der Waals surface area (Å²) in [4.78, 5) is 48.9. The summed E-state index contributed by atoms with van der Waals surface area (Å²) in [5, 5.41) is 21.9. The van der Waals surface area contributed by atoms with E-state index in [1.807, 2.05) is 110 Å². The van der Waals surface area contributed by atoms with Crippen LogP contribution in [-0.4, -0.2) is 94.0 Å². The molecule has 14 nitrogen and oxygen atoms in total. The van der Waals surface area contributed by atoms with E-state index in [0.29, 0.717) is 29.0 Å². The molecule has 5 N–H and O–H groups in total. The number of halogens is 4.